The second-order valence-electron chi connectivity index (χ2n) is 5.21. The zero-order valence-corrected chi connectivity index (χ0v) is 10.7. The molecule has 0 unspecified atom stereocenters. The van der Waals surface area contributed by atoms with Crippen molar-refractivity contribution < 1.29 is 9.53 Å². The average Bonchev–Trinajstić information content (AvgIpc) is 2.23. The minimum absolute atomic E-state index is 0.0590. The van der Waals surface area contributed by atoms with Gasteiger partial charge in [-0.25, -0.2) is 4.79 Å². The van der Waals surface area contributed by atoms with Crippen molar-refractivity contribution in [2.45, 2.75) is 44.9 Å². The first kappa shape index (κ1) is 12.6. The number of likely N-dealkylation sites (tertiary alicyclic amines) is 1. The molecule has 0 aromatic heterocycles. The van der Waals surface area contributed by atoms with Gasteiger partial charge in [-0.15, -0.1) is 0 Å². The number of urea groups is 1. The van der Waals surface area contributed by atoms with Gasteiger partial charge in [0.05, 0.1) is 12.2 Å². The molecule has 0 bridgehead atoms. The molecule has 2 heterocycles. The van der Waals surface area contributed by atoms with Crippen LogP contribution in [0.25, 0.3) is 0 Å². The van der Waals surface area contributed by atoms with E-state index < -0.39 is 0 Å². The lowest BCUT2D eigenvalue weighted by atomic mass is 10.1. The van der Waals surface area contributed by atoms with E-state index in [-0.39, 0.29) is 12.1 Å². The number of nitrogens with one attached hydrogen (secondary N) is 2. The fourth-order valence-corrected chi connectivity index (χ4v) is 2.16. The molecule has 2 saturated heterocycles. The van der Waals surface area contributed by atoms with Gasteiger partial charge in [0, 0.05) is 32.2 Å². The zero-order valence-electron chi connectivity index (χ0n) is 10.7. The molecule has 2 aliphatic heterocycles. The Bertz CT molecular complexity index is 258. The molecule has 98 valence electrons. The Kier molecular flexibility index (Phi) is 4.23. The Hall–Kier alpha value is -0.810. The Morgan fingerprint density at radius 2 is 1.94 bits per heavy atom. The highest BCUT2D eigenvalue weighted by atomic mass is 16.5. The summed E-state index contributed by atoms with van der Waals surface area (Å²) in [5.74, 6) is 0. The highest BCUT2D eigenvalue weighted by Crippen LogP contribution is 2.16. The molecule has 2 N–H and O–H groups in total. The molecule has 2 fully saturated rings. The van der Waals surface area contributed by atoms with Gasteiger partial charge < -0.3 is 20.3 Å². The summed E-state index contributed by atoms with van der Waals surface area (Å²) in [5, 5.41) is 6.13. The smallest absolute Gasteiger partial charge is 0.317 e. The SMILES string of the molecule is CC(C)NC(=O)N1CCC(OC2CNC2)CC1. The second kappa shape index (κ2) is 5.69. The highest BCUT2D eigenvalue weighted by Gasteiger charge is 2.27. The highest BCUT2D eigenvalue weighted by molar-refractivity contribution is 5.74. The fourth-order valence-electron chi connectivity index (χ4n) is 2.16. The largest absolute Gasteiger partial charge is 0.372 e. The summed E-state index contributed by atoms with van der Waals surface area (Å²) in [7, 11) is 0. The Labute approximate surface area is 103 Å². The molecule has 0 aromatic rings. The number of carbonyl (C=O) groups is 1. The maximum Gasteiger partial charge on any atom is 0.317 e. The second-order valence-corrected chi connectivity index (χ2v) is 5.21. The number of nitrogens with zero attached hydrogens (tertiary/aromatic N) is 1. The van der Waals surface area contributed by atoms with Crippen LogP contribution in [0.15, 0.2) is 0 Å². The molecule has 17 heavy (non-hydrogen) atoms. The number of piperidine rings is 1. The predicted molar refractivity (Wildman–Crippen MR) is 66.0 cm³/mol. The quantitative estimate of drug-likeness (QED) is 0.759. The van der Waals surface area contributed by atoms with E-state index in [0.29, 0.717) is 12.2 Å². The monoisotopic (exact) mass is 241 g/mol. The summed E-state index contributed by atoms with van der Waals surface area (Å²) >= 11 is 0. The van der Waals surface area contributed by atoms with Crippen molar-refractivity contribution in [2.24, 2.45) is 0 Å². The molecule has 0 spiro atoms. The summed E-state index contributed by atoms with van der Waals surface area (Å²) in [4.78, 5) is 13.7. The van der Waals surface area contributed by atoms with Crippen LogP contribution in [-0.4, -0.2) is 55.4 Å². The number of hydrogen-bond acceptors (Lipinski definition) is 3. The van der Waals surface area contributed by atoms with E-state index in [1.165, 1.54) is 0 Å². The molecule has 0 saturated carbocycles. The lowest BCUT2D eigenvalue weighted by Crippen LogP contribution is -2.52. The van der Waals surface area contributed by atoms with Gasteiger partial charge in [-0.1, -0.05) is 0 Å². The van der Waals surface area contributed by atoms with Crippen molar-refractivity contribution in [1.82, 2.24) is 15.5 Å². The lowest BCUT2D eigenvalue weighted by Gasteiger charge is -2.36. The number of hydrogen-bond donors (Lipinski definition) is 2. The van der Waals surface area contributed by atoms with Gasteiger partial charge in [-0.2, -0.15) is 0 Å². The van der Waals surface area contributed by atoms with Crippen LogP contribution < -0.4 is 10.6 Å². The number of rotatable bonds is 3. The lowest BCUT2D eigenvalue weighted by molar-refractivity contribution is -0.0579. The third kappa shape index (κ3) is 3.57. The van der Waals surface area contributed by atoms with Gasteiger partial charge in [-0.3, -0.25) is 0 Å². The fraction of sp³-hybridized carbons (Fsp3) is 0.917. The third-order valence-corrected chi connectivity index (χ3v) is 3.27. The normalized spacial score (nSPS) is 22.6. The molecule has 0 aliphatic carbocycles. The molecule has 0 radical (unpaired) electrons. The first-order valence-corrected chi connectivity index (χ1v) is 6.57. The third-order valence-electron chi connectivity index (χ3n) is 3.27. The first-order valence-electron chi connectivity index (χ1n) is 6.57. The summed E-state index contributed by atoms with van der Waals surface area (Å²) in [6.07, 6.45) is 2.66. The zero-order chi connectivity index (χ0) is 12.3. The van der Waals surface area contributed by atoms with Gasteiger partial charge in [0.1, 0.15) is 0 Å². The van der Waals surface area contributed by atoms with Crippen LogP contribution in [0.1, 0.15) is 26.7 Å². The molecule has 0 atom stereocenters. The Morgan fingerprint density at radius 1 is 1.29 bits per heavy atom. The molecule has 2 amide bonds. The minimum Gasteiger partial charge on any atom is -0.372 e. The molecule has 2 rings (SSSR count). The van der Waals surface area contributed by atoms with Gasteiger partial charge in [0.15, 0.2) is 0 Å². The Balaban J connectivity index is 1.67. The van der Waals surface area contributed by atoms with E-state index in [9.17, 15) is 4.79 Å². The Morgan fingerprint density at radius 3 is 2.41 bits per heavy atom. The van der Waals surface area contributed by atoms with Crippen molar-refractivity contribution in [1.29, 1.82) is 0 Å². The summed E-state index contributed by atoms with van der Waals surface area (Å²) in [6.45, 7) is 7.55. The standard InChI is InChI=1S/C12H23N3O2/c1-9(2)14-12(16)15-5-3-10(4-6-15)17-11-7-13-8-11/h9-11,13H,3-8H2,1-2H3,(H,14,16). The topological polar surface area (TPSA) is 53.6 Å². The van der Waals surface area contributed by atoms with Gasteiger partial charge >= 0.3 is 6.03 Å². The van der Waals surface area contributed by atoms with Crippen LogP contribution in [0.2, 0.25) is 0 Å². The van der Waals surface area contributed by atoms with Crippen molar-refractivity contribution in [3.63, 3.8) is 0 Å². The van der Waals surface area contributed by atoms with Crippen molar-refractivity contribution in [2.75, 3.05) is 26.2 Å². The molecular formula is C12H23N3O2. The molecule has 0 aromatic carbocycles. The van der Waals surface area contributed by atoms with Crippen LogP contribution >= 0.6 is 0 Å². The summed E-state index contributed by atoms with van der Waals surface area (Å²) in [6, 6.07) is 0.265. The molecule has 5 nitrogen and oxygen atoms in total. The molecule has 5 heteroatoms. The van der Waals surface area contributed by atoms with E-state index in [1.54, 1.807) is 0 Å². The van der Waals surface area contributed by atoms with Crippen molar-refractivity contribution in [3.8, 4) is 0 Å². The van der Waals surface area contributed by atoms with Gasteiger partial charge in [0.2, 0.25) is 0 Å². The maximum absolute atomic E-state index is 11.8. The number of carbonyl (C=O) groups excluding carboxylic acids is 1. The summed E-state index contributed by atoms with van der Waals surface area (Å²) in [5.41, 5.74) is 0. The van der Waals surface area contributed by atoms with Gasteiger partial charge in [-0.05, 0) is 26.7 Å². The van der Waals surface area contributed by atoms with Crippen molar-refractivity contribution >= 4 is 6.03 Å². The minimum atomic E-state index is 0.0590. The number of ether oxygens (including phenoxy) is 1. The molecular weight excluding hydrogens is 218 g/mol. The van der Waals surface area contributed by atoms with Crippen LogP contribution in [0.3, 0.4) is 0 Å². The van der Waals surface area contributed by atoms with E-state index in [4.69, 9.17) is 4.74 Å². The van der Waals surface area contributed by atoms with Gasteiger partial charge in [0.25, 0.3) is 0 Å². The summed E-state index contributed by atoms with van der Waals surface area (Å²) < 4.78 is 5.92. The van der Waals surface area contributed by atoms with Crippen LogP contribution in [-0.2, 0) is 4.74 Å². The predicted octanol–water partition coefficient (Wildman–Crippen LogP) is 0.557. The van der Waals surface area contributed by atoms with Crippen LogP contribution in [0.4, 0.5) is 4.79 Å². The first-order chi connectivity index (χ1) is 8.15. The molecule has 2 aliphatic rings. The van der Waals surface area contributed by atoms with Crippen LogP contribution in [0.5, 0.6) is 0 Å². The van der Waals surface area contributed by atoms with Crippen LogP contribution in [0, 0.1) is 0 Å². The number of amides is 2. The maximum atomic E-state index is 11.8. The van der Waals surface area contributed by atoms with E-state index in [1.807, 2.05) is 18.7 Å². The van der Waals surface area contributed by atoms with E-state index in [0.717, 1.165) is 39.0 Å². The van der Waals surface area contributed by atoms with E-state index >= 15 is 0 Å². The van der Waals surface area contributed by atoms with Crippen molar-refractivity contribution in [3.05, 3.63) is 0 Å². The van der Waals surface area contributed by atoms with E-state index in [2.05, 4.69) is 10.6 Å². The average molecular weight is 241 g/mol.